The van der Waals surface area contributed by atoms with E-state index in [0.29, 0.717) is 26.2 Å². The van der Waals surface area contributed by atoms with Crippen molar-refractivity contribution in [2.75, 3.05) is 27.3 Å². The second-order valence-electron chi connectivity index (χ2n) is 5.73. The maximum atomic E-state index is 11.2. The minimum absolute atomic E-state index is 0.0371. The number of ether oxygens (including phenoxy) is 2. The van der Waals surface area contributed by atoms with Crippen LogP contribution in [0.3, 0.4) is 0 Å². The number of hydrogen-bond acceptors (Lipinski definition) is 6. The van der Waals surface area contributed by atoms with Crippen LogP contribution in [-0.4, -0.2) is 37.1 Å². The van der Waals surface area contributed by atoms with Crippen LogP contribution in [0.2, 0.25) is 0 Å². The van der Waals surface area contributed by atoms with Gasteiger partial charge in [0.1, 0.15) is 5.75 Å². The zero-order valence-electron chi connectivity index (χ0n) is 14.8. The van der Waals surface area contributed by atoms with Crippen LogP contribution in [0, 0.1) is 10.1 Å². The number of benzene rings is 2. The lowest BCUT2D eigenvalue weighted by molar-refractivity contribution is -0.385. The molecule has 7 nitrogen and oxygen atoms in total. The van der Waals surface area contributed by atoms with Crippen LogP contribution in [0.4, 0.5) is 5.69 Å². The van der Waals surface area contributed by atoms with Gasteiger partial charge in [-0.2, -0.15) is 0 Å². The molecule has 26 heavy (non-hydrogen) atoms. The summed E-state index contributed by atoms with van der Waals surface area (Å²) in [6.45, 7) is 2.38. The molecule has 140 valence electrons. The lowest BCUT2D eigenvalue weighted by atomic mass is 10.1. The van der Waals surface area contributed by atoms with Gasteiger partial charge in [0.2, 0.25) is 0 Å². The van der Waals surface area contributed by atoms with E-state index in [1.807, 2.05) is 24.3 Å². The van der Waals surface area contributed by atoms with Gasteiger partial charge in [-0.3, -0.25) is 15.0 Å². The fourth-order valence-corrected chi connectivity index (χ4v) is 3.29. The minimum Gasteiger partial charge on any atom is -0.496 e. The number of methoxy groups -OCH3 is 2. The third-order valence-electron chi connectivity index (χ3n) is 3.91. The molecule has 0 bridgehead atoms. The average molecular weight is 424 g/mol. The molecule has 0 aliphatic heterocycles. The molecule has 0 spiro atoms. The van der Waals surface area contributed by atoms with E-state index in [4.69, 9.17) is 15.2 Å². The van der Waals surface area contributed by atoms with E-state index in [9.17, 15) is 10.1 Å². The molecule has 0 unspecified atom stereocenters. The number of nitro groups is 1. The minimum atomic E-state index is -0.434. The Morgan fingerprint density at radius 3 is 2.15 bits per heavy atom. The Balaban J connectivity index is 2.19. The van der Waals surface area contributed by atoms with Crippen LogP contribution in [0.1, 0.15) is 11.1 Å². The highest BCUT2D eigenvalue weighted by Crippen LogP contribution is 2.29. The normalized spacial score (nSPS) is 10.8. The van der Waals surface area contributed by atoms with Crippen molar-refractivity contribution in [3.05, 3.63) is 62.1 Å². The fourth-order valence-electron chi connectivity index (χ4n) is 2.70. The summed E-state index contributed by atoms with van der Waals surface area (Å²) in [7, 11) is 3.04. The van der Waals surface area contributed by atoms with E-state index < -0.39 is 4.92 Å². The van der Waals surface area contributed by atoms with Crippen molar-refractivity contribution < 1.29 is 14.4 Å². The maximum absolute atomic E-state index is 11.2. The molecule has 0 aliphatic carbocycles. The van der Waals surface area contributed by atoms with Crippen molar-refractivity contribution in [2.45, 2.75) is 13.1 Å². The van der Waals surface area contributed by atoms with Crippen LogP contribution in [0.25, 0.3) is 0 Å². The first-order chi connectivity index (χ1) is 12.5. The van der Waals surface area contributed by atoms with Crippen LogP contribution in [0.5, 0.6) is 11.5 Å². The molecule has 0 saturated heterocycles. The summed E-state index contributed by atoms with van der Waals surface area (Å²) in [5, 5.41) is 11.2. The molecule has 0 saturated carbocycles. The summed E-state index contributed by atoms with van der Waals surface area (Å²) in [6, 6.07) is 10.9. The van der Waals surface area contributed by atoms with Crippen molar-refractivity contribution in [3.63, 3.8) is 0 Å². The second kappa shape index (κ2) is 9.51. The van der Waals surface area contributed by atoms with Gasteiger partial charge in [0.15, 0.2) is 5.75 Å². The van der Waals surface area contributed by atoms with Crippen LogP contribution >= 0.6 is 15.9 Å². The van der Waals surface area contributed by atoms with Gasteiger partial charge >= 0.3 is 5.69 Å². The molecule has 2 aromatic carbocycles. The molecule has 0 amide bonds. The number of rotatable bonds is 9. The van der Waals surface area contributed by atoms with Crippen molar-refractivity contribution in [1.29, 1.82) is 0 Å². The van der Waals surface area contributed by atoms with E-state index in [-0.39, 0.29) is 11.4 Å². The third-order valence-corrected chi connectivity index (χ3v) is 4.53. The molecule has 0 aliphatic rings. The van der Waals surface area contributed by atoms with E-state index >= 15 is 0 Å². The molecule has 0 aromatic heterocycles. The van der Waals surface area contributed by atoms with Crippen molar-refractivity contribution in [1.82, 2.24) is 4.90 Å². The number of halogens is 1. The van der Waals surface area contributed by atoms with Gasteiger partial charge in [0.25, 0.3) is 0 Å². The Bertz CT molecular complexity index is 770. The molecular formula is C18H22BrN3O4. The first kappa shape index (κ1) is 20.2. The molecule has 0 fully saturated rings. The molecule has 8 heteroatoms. The number of nitrogens with two attached hydrogens (primary N) is 1. The van der Waals surface area contributed by atoms with Gasteiger partial charge < -0.3 is 15.2 Å². The highest BCUT2D eigenvalue weighted by Gasteiger charge is 2.16. The van der Waals surface area contributed by atoms with E-state index in [1.54, 1.807) is 19.2 Å². The van der Waals surface area contributed by atoms with Crippen molar-refractivity contribution >= 4 is 21.6 Å². The van der Waals surface area contributed by atoms with Gasteiger partial charge in [0.05, 0.1) is 23.6 Å². The summed E-state index contributed by atoms with van der Waals surface area (Å²) < 4.78 is 11.2. The van der Waals surface area contributed by atoms with Crippen LogP contribution in [0.15, 0.2) is 40.9 Å². The number of nitrogens with zero attached hydrogens (tertiary/aromatic N) is 2. The van der Waals surface area contributed by atoms with Gasteiger partial charge in [-0.1, -0.05) is 12.1 Å². The largest absolute Gasteiger partial charge is 0.496 e. The van der Waals surface area contributed by atoms with Gasteiger partial charge in [-0.15, -0.1) is 0 Å². The zero-order chi connectivity index (χ0) is 19.1. The third kappa shape index (κ3) is 5.17. The fraction of sp³-hybridized carbons (Fsp3) is 0.333. The van der Waals surface area contributed by atoms with Crippen LogP contribution < -0.4 is 15.2 Å². The zero-order valence-corrected chi connectivity index (χ0v) is 16.4. The SMILES string of the molecule is COc1ccc(CN(CCN)Cc2ccc(OC)c([N+](=O)[O-])c2)cc1Br. The predicted molar refractivity (Wildman–Crippen MR) is 104 cm³/mol. The number of hydrogen-bond donors (Lipinski definition) is 1. The smallest absolute Gasteiger partial charge is 0.311 e. The summed E-state index contributed by atoms with van der Waals surface area (Å²) >= 11 is 3.49. The highest BCUT2D eigenvalue weighted by molar-refractivity contribution is 9.10. The molecule has 0 radical (unpaired) electrons. The molecule has 0 atom stereocenters. The molecule has 0 heterocycles. The lowest BCUT2D eigenvalue weighted by Crippen LogP contribution is -2.28. The van der Waals surface area contributed by atoms with E-state index in [2.05, 4.69) is 20.8 Å². The Morgan fingerprint density at radius 2 is 1.65 bits per heavy atom. The second-order valence-corrected chi connectivity index (χ2v) is 6.59. The Kier molecular flexibility index (Phi) is 7.38. The van der Waals surface area contributed by atoms with E-state index in [0.717, 1.165) is 21.3 Å². The summed E-state index contributed by atoms with van der Waals surface area (Å²) in [5.41, 5.74) is 7.62. The maximum Gasteiger partial charge on any atom is 0.311 e. The summed E-state index contributed by atoms with van der Waals surface area (Å²) in [5.74, 6) is 1.02. The Hall–Kier alpha value is -2.16. The quantitative estimate of drug-likeness (QED) is 0.491. The standard InChI is InChI=1S/C18H22BrN3O4/c1-25-17-5-3-13(9-15(17)19)11-21(8-7-20)12-14-4-6-18(26-2)16(10-14)22(23)24/h3-6,9-10H,7-8,11-12,20H2,1-2H3. The topological polar surface area (TPSA) is 90.9 Å². The average Bonchev–Trinajstić information content (AvgIpc) is 2.62. The molecule has 2 aromatic rings. The van der Waals surface area contributed by atoms with Gasteiger partial charge in [-0.05, 0) is 45.3 Å². The molecule has 2 N–H and O–H groups in total. The first-order valence-electron chi connectivity index (χ1n) is 8.04. The molecule has 2 rings (SSSR count). The van der Waals surface area contributed by atoms with Crippen molar-refractivity contribution in [3.8, 4) is 11.5 Å². The molecular weight excluding hydrogens is 402 g/mol. The monoisotopic (exact) mass is 423 g/mol. The summed E-state index contributed by atoms with van der Waals surface area (Å²) in [4.78, 5) is 12.9. The Labute approximate surface area is 161 Å². The highest BCUT2D eigenvalue weighted by atomic mass is 79.9. The predicted octanol–water partition coefficient (Wildman–Crippen LogP) is 3.34. The summed E-state index contributed by atoms with van der Waals surface area (Å²) in [6.07, 6.45) is 0. The lowest BCUT2D eigenvalue weighted by Gasteiger charge is -2.22. The Morgan fingerprint density at radius 1 is 1.08 bits per heavy atom. The van der Waals surface area contributed by atoms with Gasteiger partial charge in [-0.25, -0.2) is 0 Å². The first-order valence-corrected chi connectivity index (χ1v) is 8.84. The van der Waals surface area contributed by atoms with Gasteiger partial charge in [0, 0.05) is 32.2 Å². The van der Waals surface area contributed by atoms with E-state index in [1.165, 1.54) is 7.11 Å². The van der Waals surface area contributed by atoms with Crippen molar-refractivity contribution in [2.24, 2.45) is 5.73 Å². The number of nitro benzene ring substituents is 1. The van der Waals surface area contributed by atoms with Crippen LogP contribution in [-0.2, 0) is 13.1 Å².